The summed E-state index contributed by atoms with van der Waals surface area (Å²) in [5.74, 6) is 0.427. The van der Waals surface area contributed by atoms with Gasteiger partial charge in [-0.25, -0.2) is 4.79 Å². The summed E-state index contributed by atoms with van der Waals surface area (Å²) in [5, 5.41) is 0.937. The van der Waals surface area contributed by atoms with E-state index >= 15 is 0 Å². The third-order valence-electron chi connectivity index (χ3n) is 4.39. The highest BCUT2D eigenvalue weighted by Crippen LogP contribution is 2.27. The van der Waals surface area contributed by atoms with Crippen LogP contribution in [0.1, 0.15) is 36.2 Å². The Labute approximate surface area is 131 Å². The standard InChI is InChI=1S/C18H23NO3/c1-19(2)12-14-8-4-6-10-16(14)22-18(20)17-11-13-7-3-5-9-15(13)21-17/h3,5,7,9,11,14,16H,4,6,8,10,12H2,1-2H3/p+1/t14-,16-/m1/s1. The zero-order valence-electron chi connectivity index (χ0n) is 13.3. The van der Waals surface area contributed by atoms with Crippen molar-refractivity contribution >= 4 is 16.9 Å². The zero-order valence-corrected chi connectivity index (χ0v) is 13.3. The van der Waals surface area contributed by atoms with Crippen LogP contribution in [-0.4, -0.2) is 32.7 Å². The minimum atomic E-state index is -0.332. The third-order valence-corrected chi connectivity index (χ3v) is 4.39. The molecule has 1 saturated carbocycles. The van der Waals surface area contributed by atoms with E-state index in [1.165, 1.54) is 11.3 Å². The number of carbonyl (C=O) groups is 1. The van der Waals surface area contributed by atoms with Crippen molar-refractivity contribution in [2.45, 2.75) is 31.8 Å². The average Bonchev–Trinajstić information content (AvgIpc) is 2.93. The first-order chi connectivity index (χ1) is 10.6. The van der Waals surface area contributed by atoms with Gasteiger partial charge in [-0.1, -0.05) is 24.6 Å². The lowest BCUT2D eigenvalue weighted by molar-refractivity contribution is -0.862. The molecule has 4 heteroatoms. The fraction of sp³-hybridized carbons (Fsp3) is 0.500. The molecule has 0 saturated heterocycles. The molecular formula is C18H24NO3+. The second-order valence-electron chi connectivity index (χ2n) is 6.55. The summed E-state index contributed by atoms with van der Waals surface area (Å²) in [6.07, 6.45) is 4.49. The van der Waals surface area contributed by atoms with Gasteiger partial charge in [0.2, 0.25) is 5.76 Å². The summed E-state index contributed by atoms with van der Waals surface area (Å²) in [4.78, 5) is 13.8. The molecule has 0 amide bonds. The summed E-state index contributed by atoms with van der Waals surface area (Å²) >= 11 is 0. The van der Waals surface area contributed by atoms with Crippen LogP contribution in [0.3, 0.4) is 0 Å². The maximum absolute atomic E-state index is 12.4. The lowest BCUT2D eigenvalue weighted by Gasteiger charge is -2.31. The molecule has 22 heavy (non-hydrogen) atoms. The minimum Gasteiger partial charge on any atom is -0.456 e. The molecule has 0 spiro atoms. The number of fused-ring (bicyclic) bond motifs is 1. The van der Waals surface area contributed by atoms with E-state index in [0.717, 1.165) is 36.8 Å². The van der Waals surface area contributed by atoms with E-state index in [9.17, 15) is 4.79 Å². The molecule has 0 radical (unpaired) electrons. The van der Waals surface area contributed by atoms with Gasteiger partial charge in [-0.3, -0.25) is 0 Å². The molecule has 1 aliphatic rings. The molecule has 2 aromatic rings. The highest BCUT2D eigenvalue weighted by Gasteiger charge is 2.31. The summed E-state index contributed by atoms with van der Waals surface area (Å²) < 4.78 is 11.4. The van der Waals surface area contributed by atoms with E-state index in [4.69, 9.17) is 9.15 Å². The molecule has 1 aliphatic carbocycles. The van der Waals surface area contributed by atoms with Crippen LogP contribution in [0, 0.1) is 5.92 Å². The first-order valence-corrected chi connectivity index (χ1v) is 8.12. The lowest BCUT2D eigenvalue weighted by atomic mass is 9.86. The molecule has 118 valence electrons. The fourth-order valence-corrected chi connectivity index (χ4v) is 3.36. The van der Waals surface area contributed by atoms with Crippen molar-refractivity contribution in [2.75, 3.05) is 20.6 Å². The lowest BCUT2D eigenvalue weighted by Crippen LogP contribution is -3.06. The predicted molar refractivity (Wildman–Crippen MR) is 85.1 cm³/mol. The van der Waals surface area contributed by atoms with E-state index in [-0.39, 0.29) is 12.1 Å². The molecule has 1 N–H and O–H groups in total. The highest BCUT2D eigenvalue weighted by molar-refractivity contribution is 5.92. The van der Waals surface area contributed by atoms with Crippen LogP contribution in [0.25, 0.3) is 11.0 Å². The van der Waals surface area contributed by atoms with Crippen LogP contribution >= 0.6 is 0 Å². The van der Waals surface area contributed by atoms with Gasteiger partial charge in [-0.15, -0.1) is 0 Å². The number of quaternary nitrogens is 1. The van der Waals surface area contributed by atoms with Crippen molar-refractivity contribution in [1.82, 2.24) is 0 Å². The molecule has 1 heterocycles. The smallest absolute Gasteiger partial charge is 0.374 e. The van der Waals surface area contributed by atoms with Crippen LogP contribution in [0.2, 0.25) is 0 Å². The Balaban J connectivity index is 1.71. The number of para-hydroxylation sites is 1. The van der Waals surface area contributed by atoms with Gasteiger partial charge in [0.25, 0.3) is 0 Å². The van der Waals surface area contributed by atoms with Gasteiger partial charge in [0.15, 0.2) is 0 Å². The van der Waals surface area contributed by atoms with E-state index in [1.54, 1.807) is 6.07 Å². The van der Waals surface area contributed by atoms with Crippen molar-refractivity contribution in [2.24, 2.45) is 5.92 Å². The molecule has 1 fully saturated rings. The molecule has 0 bridgehead atoms. The van der Waals surface area contributed by atoms with Gasteiger partial charge in [-0.2, -0.15) is 0 Å². The van der Waals surface area contributed by atoms with Crippen molar-refractivity contribution in [3.05, 3.63) is 36.1 Å². The summed E-state index contributed by atoms with van der Waals surface area (Å²) in [5.41, 5.74) is 0.729. The van der Waals surface area contributed by atoms with Gasteiger partial charge in [-0.05, 0) is 31.4 Å². The zero-order chi connectivity index (χ0) is 15.5. The Morgan fingerprint density at radius 1 is 1.27 bits per heavy atom. The van der Waals surface area contributed by atoms with Crippen molar-refractivity contribution in [3.8, 4) is 0 Å². The van der Waals surface area contributed by atoms with Crippen LogP contribution < -0.4 is 4.90 Å². The number of furan rings is 1. The van der Waals surface area contributed by atoms with Gasteiger partial charge in [0.1, 0.15) is 11.7 Å². The Morgan fingerprint density at radius 3 is 2.82 bits per heavy atom. The Bertz CT molecular complexity index is 614. The largest absolute Gasteiger partial charge is 0.456 e. The Morgan fingerprint density at radius 2 is 2.05 bits per heavy atom. The quantitative estimate of drug-likeness (QED) is 0.881. The van der Waals surface area contributed by atoms with Gasteiger partial charge in [0, 0.05) is 11.3 Å². The minimum absolute atomic E-state index is 0.0179. The maximum atomic E-state index is 12.4. The van der Waals surface area contributed by atoms with E-state index in [0.29, 0.717) is 11.7 Å². The highest BCUT2D eigenvalue weighted by atomic mass is 16.6. The number of rotatable bonds is 4. The van der Waals surface area contributed by atoms with Crippen LogP contribution in [0.5, 0.6) is 0 Å². The summed E-state index contributed by atoms with van der Waals surface area (Å²) in [7, 11) is 4.29. The predicted octanol–water partition coefficient (Wildman–Crippen LogP) is 2.29. The molecule has 3 rings (SSSR count). The summed E-state index contributed by atoms with van der Waals surface area (Å²) in [6.45, 7) is 1.04. The molecule has 4 nitrogen and oxygen atoms in total. The molecule has 0 aliphatic heterocycles. The number of benzene rings is 1. The number of ether oxygens (including phenoxy) is 1. The number of carbonyl (C=O) groups excluding carboxylic acids is 1. The maximum Gasteiger partial charge on any atom is 0.374 e. The van der Waals surface area contributed by atoms with Gasteiger partial charge >= 0.3 is 5.97 Å². The van der Waals surface area contributed by atoms with Crippen LogP contribution in [0.15, 0.2) is 34.7 Å². The number of hydrogen-bond donors (Lipinski definition) is 1. The number of nitrogens with one attached hydrogen (secondary N) is 1. The van der Waals surface area contributed by atoms with E-state index < -0.39 is 0 Å². The van der Waals surface area contributed by atoms with Crippen LogP contribution in [0.4, 0.5) is 0 Å². The fourth-order valence-electron chi connectivity index (χ4n) is 3.36. The molecule has 2 atom stereocenters. The van der Waals surface area contributed by atoms with E-state index in [2.05, 4.69) is 14.1 Å². The second kappa shape index (κ2) is 6.53. The topological polar surface area (TPSA) is 43.9 Å². The SMILES string of the molecule is C[NH+](C)C[C@H]1CCCC[C@H]1OC(=O)c1cc2ccccc2o1. The van der Waals surface area contributed by atoms with Crippen LogP contribution in [-0.2, 0) is 4.74 Å². The third kappa shape index (κ3) is 3.33. The molecule has 1 aromatic heterocycles. The second-order valence-corrected chi connectivity index (χ2v) is 6.55. The normalized spacial score (nSPS) is 22.1. The van der Waals surface area contributed by atoms with Crippen molar-refractivity contribution in [1.29, 1.82) is 0 Å². The first-order valence-electron chi connectivity index (χ1n) is 8.12. The monoisotopic (exact) mass is 302 g/mol. The molecular weight excluding hydrogens is 278 g/mol. The molecule has 1 aromatic carbocycles. The number of hydrogen-bond acceptors (Lipinski definition) is 3. The molecule has 0 unspecified atom stereocenters. The Kier molecular flexibility index (Phi) is 4.48. The van der Waals surface area contributed by atoms with E-state index in [1.807, 2.05) is 24.3 Å². The Hall–Kier alpha value is -1.81. The van der Waals surface area contributed by atoms with Gasteiger partial charge < -0.3 is 14.1 Å². The number of esters is 1. The summed E-state index contributed by atoms with van der Waals surface area (Å²) in [6, 6.07) is 9.41. The average molecular weight is 302 g/mol. The van der Waals surface area contributed by atoms with Crippen molar-refractivity contribution < 1.29 is 18.8 Å². The first kappa shape index (κ1) is 15.1. The van der Waals surface area contributed by atoms with Crippen molar-refractivity contribution in [3.63, 3.8) is 0 Å². The van der Waals surface area contributed by atoms with Gasteiger partial charge in [0.05, 0.1) is 20.6 Å².